The summed E-state index contributed by atoms with van der Waals surface area (Å²) in [5, 5.41) is 1.22. The van der Waals surface area contributed by atoms with Gasteiger partial charge in [0.15, 0.2) is 25.0 Å². The van der Waals surface area contributed by atoms with Gasteiger partial charge in [-0.25, -0.2) is 0 Å². The van der Waals surface area contributed by atoms with Gasteiger partial charge in [-0.15, -0.1) is 0 Å². The topological polar surface area (TPSA) is 27.7 Å². The SMILES string of the molecule is CCCCCCCCCCCCCCC[Si](C)(C)O[Si](O[Si](C)(C)CCCCCCCCCCCCCCC)(O[Si](C)(C)CCCCCCCCCCCCCCC)c1ccccc1. The molecule has 0 radical (unpaired) electrons. The molecule has 0 N–H and O–H groups in total. The van der Waals surface area contributed by atoms with E-state index < -0.39 is 33.8 Å². The molecule has 1 aromatic rings. The summed E-state index contributed by atoms with van der Waals surface area (Å²) in [6, 6.07) is 14.8. The zero-order chi connectivity index (χ0) is 46.9. The van der Waals surface area contributed by atoms with Crippen LogP contribution in [0.5, 0.6) is 0 Å². The van der Waals surface area contributed by atoms with E-state index in [9.17, 15) is 0 Å². The quantitative estimate of drug-likeness (QED) is 0.0481. The van der Waals surface area contributed by atoms with Crippen molar-refractivity contribution < 1.29 is 12.3 Å². The maximum absolute atomic E-state index is 7.73. The highest BCUT2D eigenvalue weighted by molar-refractivity contribution is 6.96. The van der Waals surface area contributed by atoms with Gasteiger partial charge in [0.1, 0.15) is 0 Å². The number of rotatable bonds is 49. The second kappa shape index (κ2) is 40.8. The summed E-state index contributed by atoms with van der Waals surface area (Å²) in [7, 11) is -9.53. The lowest BCUT2D eigenvalue weighted by Gasteiger charge is -2.45. The summed E-state index contributed by atoms with van der Waals surface area (Å²) in [4.78, 5) is 0. The largest absolute Gasteiger partial charge is 0.505 e. The molecule has 1 aromatic carbocycles. The second-order valence-corrected chi connectivity index (χ2v) is 38.7. The molecule has 7 heteroatoms. The lowest BCUT2D eigenvalue weighted by molar-refractivity contribution is 0.266. The Hall–Kier alpha value is -0.0325. The Morgan fingerprint density at radius 3 is 0.656 bits per heavy atom. The van der Waals surface area contributed by atoms with Crippen LogP contribution in [0.1, 0.15) is 271 Å². The maximum atomic E-state index is 7.73. The molecule has 0 atom stereocenters. The molecule has 64 heavy (non-hydrogen) atoms. The summed E-state index contributed by atoms with van der Waals surface area (Å²) in [5.74, 6) is 0. The van der Waals surface area contributed by atoms with Gasteiger partial charge < -0.3 is 12.3 Å². The van der Waals surface area contributed by atoms with Gasteiger partial charge in [-0.05, 0) is 57.4 Å². The fourth-order valence-corrected chi connectivity index (χ4v) is 26.7. The minimum atomic E-state index is -3.21. The second-order valence-electron chi connectivity index (χ2n) is 22.5. The highest BCUT2D eigenvalue weighted by Gasteiger charge is 2.54. The van der Waals surface area contributed by atoms with Crippen molar-refractivity contribution in [3.8, 4) is 0 Å². The standard InChI is InChI=1S/C57H116O3Si4/c1-10-13-16-19-22-25-28-31-34-37-40-43-49-54-61(4,5)58-64(57-52-47-46-48-53-57,59-62(6,7)55-50-44-41-38-35-32-29-26-23-20-17-14-11-2)60-63(8,9)56-51-45-42-39-36-33-30-27-24-21-18-15-12-3/h46-48,52-53H,10-45,49-51,54-56H2,1-9H3. The molecule has 0 aromatic heterocycles. The molecule has 0 spiro atoms. The van der Waals surface area contributed by atoms with E-state index >= 15 is 0 Å². The van der Waals surface area contributed by atoms with Crippen LogP contribution in [0.2, 0.25) is 57.4 Å². The first-order valence-corrected chi connectivity index (χ1v) is 40.1. The fourth-order valence-electron chi connectivity index (χ4n) is 9.83. The molecule has 378 valence electrons. The summed E-state index contributed by atoms with van der Waals surface area (Å²) in [6.07, 6.45) is 54.5. The summed E-state index contributed by atoms with van der Waals surface area (Å²) < 4.78 is 23.2. The van der Waals surface area contributed by atoms with Crippen LogP contribution in [0.4, 0.5) is 0 Å². The van der Waals surface area contributed by atoms with Crippen LogP contribution in [-0.4, -0.2) is 33.8 Å². The third-order valence-corrected chi connectivity index (χ3v) is 29.6. The number of unbranched alkanes of at least 4 members (excludes halogenated alkanes) is 36. The lowest BCUT2D eigenvalue weighted by Crippen LogP contribution is -2.68. The van der Waals surface area contributed by atoms with Crippen LogP contribution < -0.4 is 5.19 Å². The van der Waals surface area contributed by atoms with Crippen molar-refractivity contribution >= 4 is 38.9 Å². The molecule has 0 saturated heterocycles. The summed E-state index contributed by atoms with van der Waals surface area (Å²) >= 11 is 0. The van der Waals surface area contributed by atoms with Gasteiger partial charge in [-0.1, -0.05) is 302 Å². The number of benzene rings is 1. The fraction of sp³-hybridized carbons (Fsp3) is 0.895. The maximum Gasteiger partial charge on any atom is 0.505 e. The van der Waals surface area contributed by atoms with Gasteiger partial charge in [-0.2, -0.15) is 0 Å². The van der Waals surface area contributed by atoms with E-state index in [0.717, 1.165) is 0 Å². The third-order valence-electron chi connectivity index (χ3n) is 14.0. The van der Waals surface area contributed by atoms with Crippen LogP contribution in [0.15, 0.2) is 30.3 Å². The Morgan fingerprint density at radius 2 is 0.453 bits per heavy atom. The Morgan fingerprint density at radius 1 is 0.266 bits per heavy atom. The minimum Gasteiger partial charge on any atom is -0.413 e. The van der Waals surface area contributed by atoms with Crippen molar-refractivity contribution in [2.45, 2.75) is 329 Å². The van der Waals surface area contributed by atoms with Crippen molar-refractivity contribution in [3.63, 3.8) is 0 Å². The van der Waals surface area contributed by atoms with E-state index in [1.165, 1.54) is 274 Å². The summed E-state index contributed by atoms with van der Waals surface area (Å²) in [5.41, 5.74) is 0. The molecular weight excluding hydrogens is 845 g/mol. The molecule has 0 aliphatic heterocycles. The molecule has 0 bridgehead atoms. The summed E-state index contributed by atoms with van der Waals surface area (Å²) in [6.45, 7) is 21.8. The molecule has 0 fully saturated rings. The normalized spacial score (nSPS) is 12.8. The minimum absolute atomic E-state index is 1.20. The molecular formula is C57H116O3Si4. The van der Waals surface area contributed by atoms with Crippen molar-refractivity contribution in [2.24, 2.45) is 0 Å². The van der Waals surface area contributed by atoms with E-state index in [1.54, 1.807) is 0 Å². The van der Waals surface area contributed by atoms with E-state index in [4.69, 9.17) is 12.3 Å². The molecule has 0 aliphatic carbocycles. The Balaban J connectivity index is 2.86. The molecule has 0 amide bonds. The van der Waals surface area contributed by atoms with Gasteiger partial charge >= 0.3 is 8.80 Å². The van der Waals surface area contributed by atoms with E-state index in [0.29, 0.717) is 0 Å². The van der Waals surface area contributed by atoms with E-state index in [1.807, 2.05) is 0 Å². The highest BCUT2D eigenvalue weighted by atomic mass is 28.5. The van der Waals surface area contributed by atoms with Gasteiger partial charge in [-0.3, -0.25) is 0 Å². The Kier molecular flexibility index (Phi) is 39.5. The first-order valence-electron chi connectivity index (χ1n) is 29.1. The van der Waals surface area contributed by atoms with Crippen LogP contribution in [0.3, 0.4) is 0 Å². The van der Waals surface area contributed by atoms with E-state index in [-0.39, 0.29) is 0 Å². The molecule has 3 nitrogen and oxygen atoms in total. The van der Waals surface area contributed by atoms with Crippen LogP contribution in [-0.2, 0) is 12.3 Å². The number of hydrogen-bond acceptors (Lipinski definition) is 3. The van der Waals surface area contributed by atoms with Crippen LogP contribution >= 0.6 is 0 Å². The predicted octanol–water partition coefficient (Wildman–Crippen LogP) is 20.8. The van der Waals surface area contributed by atoms with Gasteiger partial charge in [0.2, 0.25) is 0 Å². The Labute approximate surface area is 408 Å². The molecule has 0 heterocycles. The zero-order valence-electron chi connectivity index (χ0n) is 45.3. The predicted molar refractivity (Wildman–Crippen MR) is 299 cm³/mol. The highest BCUT2D eigenvalue weighted by Crippen LogP contribution is 2.32. The van der Waals surface area contributed by atoms with Gasteiger partial charge in [0.25, 0.3) is 0 Å². The zero-order valence-corrected chi connectivity index (χ0v) is 49.3. The van der Waals surface area contributed by atoms with Crippen molar-refractivity contribution in [2.75, 3.05) is 0 Å². The third kappa shape index (κ3) is 36.0. The smallest absolute Gasteiger partial charge is 0.413 e. The Bertz CT molecular complexity index is 1020. The first-order chi connectivity index (χ1) is 30.9. The van der Waals surface area contributed by atoms with Crippen molar-refractivity contribution in [3.05, 3.63) is 30.3 Å². The van der Waals surface area contributed by atoms with Crippen molar-refractivity contribution in [1.29, 1.82) is 0 Å². The van der Waals surface area contributed by atoms with Crippen LogP contribution in [0, 0.1) is 0 Å². The lowest BCUT2D eigenvalue weighted by atomic mass is 10.1. The molecule has 0 aliphatic rings. The van der Waals surface area contributed by atoms with Crippen LogP contribution in [0.25, 0.3) is 0 Å². The number of hydrogen-bond donors (Lipinski definition) is 0. The van der Waals surface area contributed by atoms with Gasteiger partial charge in [0.05, 0.1) is 0 Å². The average Bonchev–Trinajstić information content (AvgIpc) is 3.25. The van der Waals surface area contributed by atoms with Crippen molar-refractivity contribution in [1.82, 2.24) is 0 Å². The monoisotopic (exact) mass is 961 g/mol. The van der Waals surface area contributed by atoms with Gasteiger partial charge in [0, 0.05) is 5.19 Å². The molecule has 1 rings (SSSR count). The molecule has 0 unspecified atom stereocenters. The average molecular weight is 962 g/mol. The molecule has 0 saturated carbocycles. The first kappa shape index (κ1) is 62.0. The van der Waals surface area contributed by atoms with E-state index in [2.05, 4.69) is 90.4 Å².